The van der Waals surface area contributed by atoms with Gasteiger partial charge < -0.3 is 4.74 Å². The molecule has 0 amide bonds. The smallest absolute Gasteiger partial charge is 0.338 e. The molecule has 32 heavy (non-hydrogen) atoms. The number of hydrogen-bond donors (Lipinski definition) is 0. The Morgan fingerprint density at radius 2 is 1.94 bits per heavy atom. The number of thiophene rings is 1. The molecule has 0 radical (unpaired) electrons. The van der Waals surface area contributed by atoms with Gasteiger partial charge in [-0.15, -0.1) is 23.1 Å². The number of aryl methyl sites for hydroxylation is 1. The van der Waals surface area contributed by atoms with Crippen molar-refractivity contribution in [1.82, 2.24) is 4.57 Å². The Labute approximate surface area is 198 Å². The van der Waals surface area contributed by atoms with Crippen molar-refractivity contribution in [2.75, 3.05) is 6.26 Å². The van der Waals surface area contributed by atoms with Crippen LogP contribution in [-0.2, 0) is 9.53 Å². The Balaban J connectivity index is 1.95. The SMILES string of the molecule is CSc1ccc([C@@H]2C(C(=O)OC(C)C)=C(C)N=c3s/c(=C\c4sccc4C)c(=O)n32)cc1. The van der Waals surface area contributed by atoms with E-state index in [1.807, 2.05) is 68.8 Å². The molecule has 1 aromatic carbocycles. The molecule has 0 spiro atoms. The Bertz CT molecular complexity index is 1370. The molecular weight excluding hydrogens is 460 g/mol. The molecule has 5 nitrogen and oxygen atoms in total. The summed E-state index contributed by atoms with van der Waals surface area (Å²) in [5, 5.41) is 2.01. The molecule has 3 heterocycles. The van der Waals surface area contributed by atoms with Crippen LogP contribution in [0.4, 0.5) is 0 Å². The van der Waals surface area contributed by atoms with E-state index in [2.05, 4.69) is 4.99 Å². The molecule has 0 N–H and O–H groups in total. The maximum absolute atomic E-state index is 13.6. The van der Waals surface area contributed by atoms with E-state index in [9.17, 15) is 9.59 Å². The number of carbonyl (C=O) groups excluding carboxylic acids is 1. The fourth-order valence-corrected chi connectivity index (χ4v) is 5.98. The lowest BCUT2D eigenvalue weighted by Gasteiger charge is -2.25. The van der Waals surface area contributed by atoms with Gasteiger partial charge in [-0.2, -0.15) is 0 Å². The lowest BCUT2D eigenvalue weighted by Crippen LogP contribution is -2.40. The molecule has 0 saturated carbocycles. The lowest BCUT2D eigenvalue weighted by molar-refractivity contribution is -0.143. The van der Waals surface area contributed by atoms with Gasteiger partial charge in [0.1, 0.15) is 0 Å². The largest absolute Gasteiger partial charge is 0.459 e. The molecule has 0 saturated heterocycles. The topological polar surface area (TPSA) is 60.7 Å². The van der Waals surface area contributed by atoms with Gasteiger partial charge in [0.15, 0.2) is 4.80 Å². The summed E-state index contributed by atoms with van der Waals surface area (Å²) in [6.45, 7) is 7.46. The van der Waals surface area contributed by atoms with E-state index in [0.29, 0.717) is 20.6 Å². The monoisotopic (exact) mass is 484 g/mol. The van der Waals surface area contributed by atoms with Crippen molar-refractivity contribution >= 4 is 46.5 Å². The molecule has 0 aliphatic carbocycles. The molecule has 0 fully saturated rings. The van der Waals surface area contributed by atoms with Crippen molar-refractivity contribution in [2.45, 2.75) is 44.7 Å². The van der Waals surface area contributed by atoms with Gasteiger partial charge >= 0.3 is 5.97 Å². The second-order valence-corrected chi connectivity index (χ2v) is 10.6. The van der Waals surface area contributed by atoms with E-state index >= 15 is 0 Å². The number of thioether (sulfide) groups is 1. The summed E-state index contributed by atoms with van der Waals surface area (Å²) in [7, 11) is 0. The van der Waals surface area contributed by atoms with Crippen LogP contribution in [0.1, 0.15) is 42.8 Å². The zero-order valence-electron chi connectivity index (χ0n) is 18.5. The molecule has 1 aliphatic rings. The summed E-state index contributed by atoms with van der Waals surface area (Å²) in [6.07, 6.45) is 3.66. The Kier molecular flexibility index (Phi) is 6.55. The van der Waals surface area contributed by atoms with Gasteiger partial charge in [0, 0.05) is 9.77 Å². The first-order valence-electron chi connectivity index (χ1n) is 10.2. The fraction of sp³-hybridized carbons (Fsp3) is 0.292. The van der Waals surface area contributed by atoms with Gasteiger partial charge in [-0.25, -0.2) is 9.79 Å². The highest BCUT2D eigenvalue weighted by Gasteiger charge is 2.33. The predicted octanol–water partition coefficient (Wildman–Crippen LogP) is 4.28. The zero-order chi connectivity index (χ0) is 23.0. The van der Waals surface area contributed by atoms with Crippen LogP contribution < -0.4 is 14.9 Å². The van der Waals surface area contributed by atoms with Crippen LogP contribution >= 0.6 is 34.4 Å². The lowest BCUT2D eigenvalue weighted by atomic mass is 9.96. The third kappa shape index (κ3) is 4.27. The highest BCUT2D eigenvalue weighted by atomic mass is 32.2. The van der Waals surface area contributed by atoms with Gasteiger partial charge in [-0.1, -0.05) is 23.5 Å². The number of rotatable bonds is 5. The molecule has 8 heteroatoms. The number of esters is 1. The summed E-state index contributed by atoms with van der Waals surface area (Å²) in [4.78, 5) is 34.0. The van der Waals surface area contributed by atoms with E-state index < -0.39 is 12.0 Å². The number of carbonyl (C=O) groups is 1. The number of benzene rings is 1. The highest BCUT2D eigenvalue weighted by molar-refractivity contribution is 7.98. The summed E-state index contributed by atoms with van der Waals surface area (Å²) in [5.74, 6) is -0.441. The normalized spacial score (nSPS) is 16.3. The average molecular weight is 485 g/mol. The van der Waals surface area contributed by atoms with E-state index in [-0.39, 0.29) is 11.7 Å². The van der Waals surface area contributed by atoms with Gasteiger partial charge in [0.25, 0.3) is 5.56 Å². The first-order chi connectivity index (χ1) is 15.3. The second kappa shape index (κ2) is 9.21. The second-order valence-electron chi connectivity index (χ2n) is 7.78. The number of hydrogen-bond acceptors (Lipinski definition) is 7. The van der Waals surface area contributed by atoms with Gasteiger partial charge in [0.05, 0.1) is 27.9 Å². The van der Waals surface area contributed by atoms with Crippen molar-refractivity contribution in [1.29, 1.82) is 0 Å². The molecular formula is C24H24N2O3S3. The Hall–Kier alpha value is -2.42. The van der Waals surface area contributed by atoms with Gasteiger partial charge in [-0.3, -0.25) is 9.36 Å². The van der Waals surface area contributed by atoms with Crippen molar-refractivity contribution in [3.63, 3.8) is 0 Å². The fourth-order valence-electron chi connectivity index (χ4n) is 3.61. The number of ether oxygens (including phenoxy) is 1. The predicted molar refractivity (Wildman–Crippen MR) is 132 cm³/mol. The zero-order valence-corrected chi connectivity index (χ0v) is 21.0. The molecule has 2 aromatic heterocycles. The van der Waals surface area contributed by atoms with E-state index in [1.165, 1.54) is 11.3 Å². The summed E-state index contributed by atoms with van der Waals surface area (Å²) >= 11 is 4.59. The van der Waals surface area contributed by atoms with Crippen LogP contribution in [0.3, 0.4) is 0 Å². The molecule has 1 aliphatic heterocycles. The minimum Gasteiger partial charge on any atom is -0.459 e. The average Bonchev–Trinajstić information content (AvgIpc) is 3.29. The molecule has 0 bridgehead atoms. The van der Waals surface area contributed by atoms with Gasteiger partial charge in [-0.05, 0) is 74.7 Å². The standard InChI is InChI=1S/C24H24N2O3S3/c1-13(2)29-23(28)20-15(4)25-24-26(21(20)16-6-8-17(30-5)9-7-16)22(27)19(32-24)12-18-14(3)10-11-31-18/h6-13,21H,1-5H3/b19-12-/t21-/m1/s1. The molecule has 1 atom stereocenters. The number of aromatic nitrogens is 1. The summed E-state index contributed by atoms with van der Waals surface area (Å²) in [5.41, 5.74) is 2.81. The first-order valence-corrected chi connectivity index (χ1v) is 13.1. The van der Waals surface area contributed by atoms with Crippen LogP contribution in [0.15, 0.2) is 61.7 Å². The van der Waals surface area contributed by atoms with E-state index in [4.69, 9.17) is 4.74 Å². The highest BCUT2D eigenvalue weighted by Crippen LogP contribution is 2.32. The third-order valence-electron chi connectivity index (χ3n) is 5.18. The minimum atomic E-state index is -0.583. The third-order valence-corrected chi connectivity index (χ3v) is 7.87. The summed E-state index contributed by atoms with van der Waals surface area (Å²) < 4.78 is 7.78. The van der Waals surface area contributed by atoms with Crippen molar-refractivity contribution < 1.29 is 9.53 Å². The Morgan fingerprint density at radius 1 is 1.22 bits per heavy atom. The maximum atomic E-state index is 13.6. The number of nitrogens with zero attached hydrogens (tertiary/aromatic N) is 2. The van der Waals surface area contributed by atoms with Crippen molar-refractivity contribution in [2.24, 2.45) is 4.99 Å². The number of allylic oxidation sites excluding steroid dienone is 1. The molecule has 166 valence electrons. The van der Waals surface area contributed by atoms with Crippen LogP contribution in [0.2, 0.25) is 0 Å². The van der Waals surface area contributed by atoms with Crippen LogP contribution in [0, 0.1) is 6.92 Å². The number of thiazole rings is 1. The summed E-state index contributed by atoms with van der Waals surface area (Å²) in [6, 6.07) is 9.40. The van der Waals surface area contributed by atoms with Crippen LogP contribution in [0.5, 0.6) is 0 Å². The quantitative estimate of drug-likeness (QED) is 0.401. The number of fused-ring (bicyclic) bond motifs is 1. The van der Waals surface area contributed by atoms with Crippen LogP contribution in [0.25, 0.3) is 6.08 Å². The molecule has 3 aromatic rings. The Morgan fingerprint density at radius 3 is 2.53 bits per heavy atom. The van der Waals surface area contributed by atoms with Crippen molar-refractivity contribution in [3.05, 3.63) is 82.7 Å². The van der Waals surface area contributed by atoms with Gasteiger partial charge in [0.2, 0.25) is 0 Å². The van der Waals surface area contributed by atoms with Crippen molar-refractivity contribution in [3.8, 4) is 0 Å². The first kappa shape index (κ1) is 22.8. The van der Waals surface area contributed by atoms with E-state index in [0.717, 1.165) is 20.9 Å². The molecule has 4 rings (SSSR count). The minimum absolute atomic E-state index is 0.150. The molecule has 0 unspecified atom stereocenters. The van der Waals surface area contributed by atoms with Crippen LogP contribution in [-0.4, -0.2) is 22.9 Å². The van der Waals surface area contributed by atoms with E-state index in [1.54, 1.807) is 34.6 Å². The maximum Gasteiger partial charge on any atom is 0.338 e.